The predicted octanol–water partition coefficient (Wildman–Crippen LogP) is 2.81. The first-order valence-corrected chi connectivity index (χ1v) is 8.06. The third kappa shape index (κ3) is 6.39. The van der Waals surface area contributed by atoms with Crippen molar-refractivity contribution in [3.8, 4) is 0 Å². The normalized spacial score (nSPS) is 10.3. The smallest absolute Gasteiger partial charge is 0.294 e. The van der Waals surface area contributed by atoms with Gasteiger partial charge in [0.15, 0.2) is 0 Å². The van der Waals surface area contributed by atoms with Crippen molar-refractivity contribution in [1.82, 2.24) is 0 Å². The summed E-state index contributed by atoms with van der Waals surface area (Å²) in [7, 11) is 1.59. The van der Waals surface area contributed by atoms with E-state index in [1.807, 2.05) is 12.1 Å². The summed E-state index contributed by atoms with van der Waals surface area (Å²) in [5.74, 6) is -1.19. The average molecular weight is 369 g/mol. The predicted molar refractivity (Wildman–Crippen MR) is 89.5 cm³/mol. The highest BCUT2D eigenvalue weighted by Crippen LogP contribution is 2.18. The molecule has 120 valence electrons. The van der Waals surface area contributed by atoms with E-state index in [0.29, 0.717) is 18.5 Å². The molecule has 0 fully saturated rings. The zero-order valence-electron chi connectivity index (χ0n) is 12.7. The highest BCUT2D eigenvalue weighted by molar-refractivity contribution is 9.10. The Morgan fingerprint density at radius 2 is 1.55 bits per heavy atom. The van der Waals surface area contributed by atoms with Crippen molar-refractivity contribution < 1.29 is 14.4 Å². The number of halogens is 1. The number of likely N-dealkylation sites (N-methyl/N-ethyl adjacent to an activating group) is 1. The molecule has 0 aliphatic heterocycles. The number of hydrogen-bond donors (Lipinski definition) is 1. The van der Waals surface area contributed by atoms with Gasteiger partial charge >= 0.3 is 0 Å². The van der Waals surface area contributed by atoms with Crippen molar-refractivity contribution in [1.29, 1.82) is 0 Å². The molecule has 5 nitrogen and oxygen atoms in total. The Morgan fingerprint density at radius 1 is 1.00 bits per heavy atom. The van der Waals surface area contributed by atoms with Crippen molar-refractivity contribution in [3.63, 3.8) is 0 Å². The molecule has 0 aromatic heterocycles. The SMILES string of the molecule is CN(C(=O)C(=O)CCCCCCC(N)=O)c1ccc(Br)cc1. The lowest BCUT2D eigenvalue weighted by molar-refractivity contribution is -0.136. The number of nitrogens with two attached hydrogens (primary N) is 1. The Morgan fingerprint density at radius 3 is 2.09 bits per heavy atom. The van der Waals surface area contributed by atoms with Crippen LogP contribution in [0, 0.1) is 0 Å². The van der Waals surface area contributed by atoms with E-state index in [1.54, 1.807) is 19.2 Å². The number of amides is 2. The van der Waals surface area contributed by atoms with Crippen molar-refractivity contribution >= 4 is 39.2 Å². The fourth-order valence-electron chi connectivity index (χ4n) is 2.01. The van der Waals surface area contributed by atoms with Crippen LogP contribution in [0.25, 0.3) is 0 Å². The molecule has 0 radical (unpaired) electrons. The van der Waals surface area contributed by atoms with Crippen molar-refractivity contribution in [2.24, 2.45) is 5.73 Å². The van der Waals surface area contributed by atoms with Crippen LogP contribution >= 0.6 is 15.9 Å². The van der Waals surface area contributed by atoms with Gasteiger partial charge in [-0.2, -0.15) is 0 Å². The van der Waals surface area contributed by atoms with Crippen LogP contribution in [0.5, 0.6) is 0 Å². The van der Waals surface area contributed by atoms with E-state index < -0.39 is 5.91 Å². The highest BCUT2D eigenvalue weighted by Gasteiger charge is 2.19. The zero-order valence-corrected chi connectivity index (χ0v) is 14.3. The molecule has 0 spiro atoms. The lowest BCUT2D eigenvalue weighted by Gasteiger charge is -2.16. The second kappa shape index (κ2) is 9.35. The summed E-state index contributed by atoms with van der Waals surface area (Å²) in [4.78, 5) is 35.9. The van der Waals surface area contributed by atoms with Gasteiger partial charge in [0.05, 0.1) is 0 Å². The van der Waals surface area contributed by atoms with Gasteiger partial charge in [0.2, 0.25) is 11.7 Å². The number of rotatable bonds is 9. The molecule has 22 heavy (non-hydrogen) atoms. The molecular formula is C16H21BrN2O3. The van der Waals surface area contributed by atoms with Crippen LogP contribution in [0.2, 0.25) is 0 Å². The molecule has 1 rings (SSSR count). The number of primary amides is 1. The molecule has 0 bridgehead atoms. The van der Waals surface area contributed by atoms with Crippen molar-refractivity contribution in [2.75, 3.05) is 11.9 Å². The average Bonchev–Trinajstić information content (AvgIpc) is 2.49. The largest absolute Gasteiger partial charge is 0.370 e. The molecule has 0 saturated carbocycles. The second-order valence-corrected chi connectivity index (χ2v) is 6.06. The monoisotopic (exact) mass is 368 g/mol. The molecule has 2 amide bonds. The van der Waals surface area contributed by atoms with E-state index in [0.717, 1.165) is 23.7 Å². The third-order valence-electron chi connectivity index (χ3n) is 3.33. The molecule has 0 heterocycles. The van der Waals surface area contributed by atoms with Crippen molar-refractivity contribution in [2.45, 2.75) is 38.5 Å². The van der Waals surface area contributed by atoms with Gasteiger partial charge in [0, 0.05) is 30.0 Å². The minimum atomic E-state index is -0.501. The Bertz CT molecular complexity index is 529. The number of benzene rings is 1. The summed E-state index contributed by atoms with van der Waals surface area (Å²) in [5.41, 5.74) is 5.73. The fraction of sp³-hybridized carbons (Fsp3) is 0.438. The number of anilines is 1. The molecule has 1 aromatic rings. The van der Waals surface area contributed by atoms with E-state index in [-0.39, 0.29) is 18.1 Å². The number of unbranched alkanes of at least 4 members (excludes halogenated alkanes) is 3. The maximum absolute atomic E-state index is 12.0. The molecule has 0 unspecified atom stereocenters. The summed E-state index contributed by atoms with van der Waals surface area (Å²) >= 11 is 3.32. The first kappa shape index (κ1) is 18.4. The maximum atomic E-state index is 12.0. The van der Waals surface area contributed by atoms with E-state index in [1.165, 1.54) is 4.90 Å². The summed E-state index contributed by atoms with van der Waals surface area (Å²) in [5, 5.41) is 0. The van der Waals surface area contributed by atoms with Crippen LogP contribution in [0.3, 0.4) is 0 Å². The first-order valence-electron chi connectivity index (χ1n) is 7.26. The van der Waals surface area contributed by atoms with E-state index >= 15 is 0 Å². The van der Waals surface area contributed by atoms with Gasteiger partial charge in [-0.15, -0.1) is 0 Å². The van der Waals surface area contributed by atoms with Crippen LogP contribution in [-0.4, -0.2) is 24.6 Å². The van der Waals surface area contributed by atoms with Crippen LogP contribution in [-0.2, 0) is 14.4 Å². The minimum Gasteiger partial charge on any atom is -0.370 e. The van der Waals surface area contributed by atoms with Gasteiger partial charge in [-0.3, -0.25) is 14.4 Å². The van der Waals surface area contributed by atoms with Gasteiger partial charge in [0.1, 0.15) is 0 Å². The van der Waals surface area contributed by atoms with Gasteiger partial charge in [-0.1, -0.05) is 28.8 Å². The second-order valence-electron chi connectivity index (χ2n) is 5.14. The molecule has 0 saturated heterocycles. The standard InChI is InChI=1S/C16H21BrN2O3/c1-19(13-10-8-12(17)9-11-13)16(22)14(20)6-4-2-3-5-7-15(18)21/h8-11H,2-7H2,1H3,(H2,18,21). The summed E-state index contributed by atoms with van der Waals surface area (Å²) in [6.07, 6.45) is 3.64. The zero-order chi connectivity index (χ0) is 16.5. The topological polar surface area (TPSA) is 80.5 Å². The van der Waals surface area contributed by atoms with E-state index in [2.05, 4.69) is 15.9 Å². The molecule has 0 aliphatic rings. The summed E-state index contributed by atoms with van der Waals surface area (Å²) in [6, 6.07) is 7.20. The lowest BCUT2D eigenvalue weighted by Crippen LogP contribution is -2.33. The van der Waals surface area contributed by atoms with Gasteiger partial charge in [-0.25, -0.2) is 0 Å². The first-order chi connectivity index (χ1) is 10.4. The number of carbonyl (C=O) groups excluding carboxylic acids is 3. The van der Waals surface area contributed by atoms with E-state index in [4.69, 9.17) is 5.73 Å². The number of nitrogens with zero attached hydrogens (tertiary/aromatic N) is 1. The van der Waals surface area contributed by atoms with E-state index in [9.17, 15) is 14.4 Å². The quantitative estimate of drug-likeness (QED) is 0.537. The Balaban J connectivity index is 2.34. The number of Topliss-reactive ketones (excluding diaryl/α,β-unsaturated/α-hetero) is 1. The van der Waals surface area contributed by atoms with Crippen LogP contribution in [0.1, 0.15) is 38.5 Å². The molecule has 1 aromatic carbocycles. The third-order valence-corrected chi connectivity index (χ3v) is 3.86. The number of carbonyl (C=O) groups is 3. The lowest BCUT2D eigenvalue weighted by atomic mass is 10.1. The Kier molecular flexibility index (Phi) is 7.80. The fourth-order valence-corrected chi connectivity index (χ4v) is 2.28. The number of ketones is 1. The van der Waals surface area contributed by atoms with Gasteiger partial charge in [-0.05, 0) is 37.1 Å². The van der Waals surface area contributed by atoms with Gasteiger partial charge in [0.25, 0.3) is 5.91 Å². The summed E-state index contributed by atoms with van der Waals surface area (Å²) in [6.45, 7) is 0. The van der Waals surface area contributed by atoms with Gasteiger partial charge < -0.3 is 10.6 Å². The highest BCUT2D eigenvalue weighted by atomic mass is 79.9. The molecule has 2 N–H and O–H groups in total. The molecule has 6 heteroatoms. The molecule has 0 atom stereocenters. The Hall–Kier alpha value is -1.69. The van der Waals surface area contributed by atoms with Crippen LogP contribution in [0.4, 0.5) is 5.69 Å². The molecular weight excluding hydrogens is 348 g/mol. The number of hydrogen-bond acceptors (Lipinski definition) is 3. The maximum Gasteiger partial charge on any atom is 0.294 e. The van der Waals surface area contributed by atoms with Crippen molar-refractivity contribution in [3.05, 3.63) is 28.7 Å². The van der Waals surface area contributed by atoms with Crippen LogP contribution in [0.15, 0.2) is 28.7 Å². The van der Waals surface area contributed by atoms with Crippen LogP contribution < -0.4 is 10.6 Å². The summed E-state index contributed by atoms with van der Waals surface area (Å²) < 4.78 is 0.916. The molecule has 0 aliphatic carbocycles. The minimum absolute atomic E-state index is 0.232. The Labute approximate surface area is 139 Å².